The molecule has 0 atom stereocenters. The fourth-order valence-electron chi connectivity index (χ4n) is 1.44. The Bertz CT molecular complexity index is 383. The van der Waals surface area contributed by atoms with Crippen LogP contribution in [0.15, 0.2) is 18.2 Å². The Morgan fingerprint density at radius 1 is 1.64 bits per heavy atom. The lowest BCUT2D eigenvalue weighted by molar-refractivity contribution is 0.0953. The highest BCUT2D eigenvalue weighted by Crippen LogP contribution is 2.10. The van der Waals surface area contributed by atoms with Gasteiger partial charge in [0.15, 0.2) is 0 Å². The number of amides is 1. The molecule has 14 heavy (non-hydrogen) atoms. The van der Waals surface area contributed by atoms with E-state index in [9.17, 15) is 9.82 Å². The second-order valence-electron chi connectivity index (χ2n) is 3.05. The molecule has 72 valence electrons. The molecular formula is C8H9BN2O3. The third-order valence-corrected chi connectivity index (χ3v) is 2.20. The molecule has 1 heterocycles. The number of hydrazine groups is 1. The molecule has 0 unspecified atom stereocenters. The maximum atomic E-state index is 11.2. The minimum Gasteiger partial charge on any atom is -0.423 e. The summed E-state index contributed by atoms with van der Waals surface area (Å²) in [6.45, 7) is 0.376. The Labute approximate surface area is 81.0 Å². The van der Waals surface area contributed by atoms with Gasteiger partial charge < -0.3 is 9.68 Å². The third kappa shape index (κ3) is 1.39. The predicted molar refractivity (Wildman–Crippen MR) is 50.5 cm³/mol. The minimum atomic E-state index is -0.935. The van der Waals surface area contributed by atoms with Gasteiger partial charge in [0.2, 0.25) is 0 Å². The van der Waals surface area contributed by atoms with Crippen molar-refractivity contribution < 1.29 is 14.5 Å². The van der Waals surface area contributed by atoms with Gasteiger partial charge in [0.05, 0.1) is 6.61 Å². The van der Waals surface area contributed by atoms with Crippen molar-refractivity contribution in [2.45, 2.75) is 6.61 Å². The van der Waals surface area contributed by atoms with E-state index in [4.69, 9.17) is 10.5 Å². The summed E-state index contributed by atoms with van der Waals surface area (Å²) in [5.74, 6) is 4.61. The zero-order valence-corrected chi connectivity index (χ0v) is 7.36. The van der Waals surface area contributed by atoms with E-state index in [1.54, 1.807) is 18.2 Å². The van der Waals surface area contributed by atoms with Gasteiger partial charge in [0.1, 0.15) is 0 Å². The van der Waals surface area contributed by atoms with Crippen molar-refractivity contribution in [2.75, 3.05) is 0 Å². The van der Waals surface area contributed by atoms with Crippen molar-refractivity contribution in [2.24, 2.45) is 5.84 Å². The Balaban J connectivity index is 2.39. The van der Waals surface area contributed by atoms with Crippen molar-refractivity contribution in [3.63, 3.8) is 0 Å². The monoisotopic (exact) mass is 192 g/mol. The summed E-state index contributed by atoms with van der Waals surface area (Å²) in [4.78, 5) is 11.2. The van der Waals surface area contributed by atoms with Crippen LogP contribution in [-0.2, 0) is 11.3 Å². The Kier molecular flexibility index (Phi) is 2.24. The molecule has 1 aromatic rings. The maximum absolute atomic E-state index is 11.2. The van der Waals surface area contributed by atoms with Crippen molar-refractivity contribution in [1.82, 2.24) is 5.43 Å². The minimum absolute atomic E-state index is 0.376. The van der Waals surface area contributed by atoms with E-state index in [0.717, 1.165) is 5.56 Å². The third-order valence-electron chi connectivity index (χ3n) is 2.20. The summed E-state index contributed by atoms with van der Waals surface area (Å²) in [6, 6.07) is 4.97. The zero-order chi connectivity index (χ0) is 10.1. The topological polar surface area (TPSA) is 84.6 Å². The largest absolute Gasteiger partial charge is 0.491 e. The molecule has 5 nitrogen and oxygen atoms in total. The van der Waals surface area contributed by atoms with E-state index in [1.807, 2.05) is 5.43 Å². The number of carbonyl (C=O) groups excluding carboxylic acids is 1. The Morgan fingerprint density at radius 3 is 3.14 bits per heavy atom. The van der Waals surface area contributed by atoms with Crippen LogP contribution in [0, 0.1) is 0 Å². The van der Waals surface area contributed by atoms with Crippen molar-refractivity contribution in [3.05, 3.63) is 29.3 Å². The van der Waals surface area contributed by atoms with Crippen LogP contribution in [0.5, 0.6) is 0 Å². The molecule has 1 aromatic carbocycles. The standard InChI is InChI=1S/C8H9BN2O3/c10-11-8(12)5-1-2-6-4-14-9(13)7(6)3-5/h1-3,13H,4,10H2,(H,11,12). The van der Waals surface area contributed by atoms with Gasteiger partial charge in [-0.25, -0.2) is 5.84 Å². The maximum Gasteiger partial charge on any atom is 0.491 e. The van der Waals surface area contributed by atoms with E-state index in [-0.39, 0.29) is 5.91 Å². The number of carbonyl (C=O) groups is 1. The second kappa shape index (κ2) is 3.41. The van der Waals surface area contributed by atoms with Gasteiger partial charge >= 0.3 is 7.12 Å². The fourth-order valence-corrected chi connectivity index (χ4v) is 1.44. The highest BCUT2D eigenvalue weighted by atomic mass is 16.5. The molecule has 0 fully saturated rings. The first-order valence-electron chi connectivity index (χ1n) is 4.16. The summed E-state index contributed by atoms with van der Waals surface area (Å²) >= 11 is 0. The molecule has 2 rings (SSSR count). The normalized spacial score (nSPS) is 14.0. The molecule has 0 bridgehead atoms. The summed E-state index contributed by atoms with van der Waals surface area (Å²) < 4.78 is 4.98. The van der Waals surface area contributed by atoms with E-state index in [2.05, 4.69) is 0 Å². The van der Waals surface area contributed by atoms with Gasteiger partial charge in [0, 0.05) is 5.56 Å². The molecule has 0 radical (unpaired) electrons. The molecule has 6 heteroatoms. The SMILES string of the molecule is NNC(=O)c1ccc2c(c1)B(O)OC2. The summed E-state index contributed by atoms with van der Waals surface area (Å²) in [5, 5.41) is 9.38. The number of hydrogen-bond acceptors (Lipinski definition) is 4. The van der Waals surface area contributed by atoms with Crippen LogP contribution < -0.4 is 16.7 Å². The highest BCUT2D eigenvalue weighted by molar-refractivity contribution is 6.61. The van der Waals surface area contributed by atoms with Crippen molar-refractivity contribution in [3.8, 4) is 0 Å². The number of nitrogens with one attached hydrogen (secondary N) is 1. The first-order valence-corrected chi connectivity index (χ1v) is 4.16. The molecule has 4 N–H and O–H groups in total. The average molecular weight is 192 g/mol. The zero-order valence-electron chi connectivity index (χ0n) is 7.36. The van der Waals surface area contributed by atoms with E-state index in [1.165, 1.54) is 0 Å². The number of hydrogen-bond donors (Lipinski definition) is 3. The lowest BCUT2D eigenvalue weighted by atomic mass is 9.79. The van der Waals surface area contributed by atoms with Crippen molar-refractivity contribution >= 4 is 18.5 Å². The number of fused-ring (bicyclic) bond motifs is 1. The average Bonchev–Trinajstić information content (AvgIpc) is 2.59. The molecule has 0 saturated carbocycles. The number of nitrogen functional groups attached to an aromatic ring is 1. The Morgan fingerprint density at radius 2 is 2.43 bits per heavy atom. The van der Waals surface area contributed by atoms with Crippen LogP contribution >= 0.6 is 0 Å². The van der Waals surface area contributed by atoms with Gasteiger partial charge in [0.25, 0.3) is 5.91 Å². The fraction of sp³-hybridized carbons (Fsp3) is 0.125. The van der Waals surface area contributed by atoms with E-state index >= 15 is 0 Å². The summed E-state index contributed by atoms with van der Waals surface area (Å²) in [5.41, 5.74) is 3.96. The molecule has 0 saturated heterocycles. The van der Waals surface area contributed by atoms with Gasteiger partial charge in [-0.1, -0.05) is 6.07 Å². The summed E-state index contributed by atoms with van der Waals surface area (Å²) in [7, 11) is -0.935. The molecular weight excluding hydrogens is 183 g/mol. The van der Waals surface area contributed by atoms with Crippen LogP contribution in [-0.4, -0.2) is 18.0 Å². The number of benzene rings is 1. The Hall–Kier alpha value is -1.37. The molecule has 1 aliphatic rings. The van der Waals surface area contributed by atoms with Crippen LogP contribution in [0.25, 0.3) is 0 Å². The lowest BCUT2D eigenvalue weighted by Crippen LogP contribution is -2.33. The number of rotatable bonds is 1. The molecule has 1 aliphatic heterocycles. The van der Waals surface area contributed by atoms with Crippen molar-refractivity contribution in [1.29, 1.82) is 0 Å². The molecule has 0 aromatic heterocycles. The van der Waals surface area contributed by atoms with Gasteiger partial charge in [-0.2, -0.15) is 0 Å². The number of nitrogens with two attached hydrogens (primary N) is 1. The van der Waals surface area contributed by atoms with Gasteiger partial charge in [-0.05, 0) is 23.2 Å². The first-order chi connectivity index (χ1) is 6.72. The quantitative estimate of drug-likeness (QED) is 0.219. The van der Waals surface area contributed by atoms with Gasteiger partial charge in [-0.15, -0.1) is 0 Å². The van der Waals surface area contributed by atoms with E-state index in [0.29, 0.717) is 17.6 Å². The van der Waals surface area contributed by atoms with Gasteiger partial charge in [-0.3, -0.25) is 10.2 Å². The van der Waals surface area contributed by atoms with Crippen LogP contribution in [0.1, 0.15) is 15.9 Å². The molecule has 0 spiro atoms. The molecule has 1 amide bonds. The van der Waals surface area contributed by atoms with E-state index < -0.39 is 7.12 Å². The highest BCUT2D eigenvalue weighted by Gasteiger charge is 2.27. The first kappa shape index (κ1) is 9.20. The molecule has 0 aliphatic carbocycles. The predicted octanol–water partition coefficient (Wildman–Crippen LogP) is -1.49. The lowest BCUT2D eigenvalue weighted by Gasteiger charge is -2.02. The second-order valence-corrected chi connectivity index (χ2v) is 3.05. The van der Waals surface area contributed by atoms with Crippen LogP contribution in [0.2, 0.25) is 0 Å². The smallest absolute Gasteiger partial charge is 0.423 e. The van der Waals surface area contributed by atoms with Crippen LogP contribution in [0.4, 0.5) is 0 Å². The summed E-state index contributed by atoms with van der Waals surface area (Å²) in [6.07, 6.45) is 0. The van der Waals surface area contributed by atoms with Crippen LogP contribution in [0.3, 0.4) is 0 Å².